The minimum Gasteiger partial charge on any atom is -0.500 e. The number of hydrogen-bond acceptors (Lipinski definition) is 3. The molecule has 5 aromatic carbocycles. The van der Waals surface area contributed by atoms with Gasteiger partial charge in [-0.15, -0.1) is 47.5 Å². The maximum atomic E-state index is 9.26. The molecule has 0 aliphatic heterocycles. The average molecular weight is 1010 g/mol. The van der Waals surface area contributed by atoms with E-state index in [4.69, 9.17) is 27.7 Å². The summed E-state index contributed by atoms with van der Waals surface area (Å²) in [6.45, 7) is -2.98. The molecule has 8 aromatic rings. The number of pyridine rings is 2. The van der Waals surface area contributed by atoms with E-state index in [1.807, 2.05) is 51.1 Å². The van der Waals surface area contributed by atoms with Crippen LogP contribution in [0.25, 0.3) is 66.7 Å². The molecule has 319 valence electrons. The van der Waals surface area contributed by atoms with Gasteiger partial charge in [0.2, 0.25) is 0 Å². The van der Waals surface area contributed by atoms with Crippen LogP contribution in [0.5, 0.6) is 0 Å². The molecule has 1 aliphatic carbocycles. The zero-order chi connectivity index (χ0) is 58.3. The Morgan fingerprint density at radius 1 is 0.726 bits per heavy atom. The number of hydrogen-bond donors (Lipinski definition) is 0. The zero-order valence-electron chi connectivity index (χ0n) is 53.4. The van der Waals surface area contributed by atoms with Gasteiger partial charge >= 0.3 is 0 Å². The third-order valence-electron chi connectivity index (χ3n) is 11.2. The first-order valence-corrected chi connectivity index (χ1v) is 20.5. The second-order valence-electron chi connectivity index (χ2n) is 17.6. The molecule has 0 saturated heterocycles. The first-order valence-electron chi connectivity index (χ1n) is 29.5. The van der Waals surface area contributed by atoms with E-state index in [-0.39, 0.29) is 92.3 Å². The summed E-state index contributed by atoms with van der Waals surface area (Å²) in [6.07, 6.45) is 3.95. The van der Waals surface area contributed by atoms with Crippen molar-refractivity contribution in [1.29, 1.82) is 0 Å². The molecule has 3 heterocycles. The molecule has 4 heteroatoms. The van der Waals surface area contributed by atoms with Gasteiger partial charge in [-0.1, -0.05) is 136 Å². The van der Waals surface area contributed by atoms with Gasteiger partial charge in [-0.25, -0.2) is 0 Å². The van der Waals surface area contributed by atoms with E-state index >= 15 is 0 Å². The van der Waals surface area contributed by atoms with E-state index in [1.54, 1.807) is 48.7 Å². The van der Waals surface area contributed by atoms with Crippen LogP contribution in [0.3, 0.4) is 0 Å². The molecule has 3 aromatic heterocycles. The Balaban J connectivity index is 0.000000262. The first-order chi connectivity index (χ1) is 36.3. The molecular formula is C58H60IrN2O-2. The molecule has 0 unspecified atom stereocenters. The fourth-order valence-electron chi connectivity index (χ4n) is 7.92. The van der Waals surface area contributed by atoms with Crippen molar-refractivity contribution < 1.29 is 49.2 Å². The Kier molecular flexibility index (Phi) is 8.00. The van der Waals surface area contributed by atoms with Crippen LogP contribution in [0.1, 0.15) is 130 Å². The molecule has 62 heavy (non-hydrogen) atoms. The molecule has 1 saturated carbocycles. The molecular weight excluding hydrogens is 933 g/mol. The van der Waals surface area contributed by atoms with Crippen LogP contribution >= 0.6 is 0 Å². The van der Waals surface area contributed by atoms with Gasteiger partial charge in [0.25, 0.3) is 0 Å². The Bertz CT molecular complexity index is 3540. The summed E-state index contributed by atoms with van der Waals surface area (Å²) in [5.74, 6) is -0.983. The summed E-state index contributed by atoms with van der Waals surface area (Å²) >= 11 is 0. The smallest absolute Gasteiger partial charge is 0.123 e. The quantitative estimate of drug-likeness (QED) is 0.156. The van der Waals surface area contributed by atoms with Crippen LogP contribution in [0.15, 0.2) is 120 Å². The number of benzene rings is 5. The Hall–Kier alpha value is -5.15. The van der Waals surface area contributed by atoms with Gasteiger partial charge in [-0.05, 0) is 138 Å². The van der Waals surface area contributed by atoms with Crippen LogP contribution in [0, 0.1) is 57.2 Å². The number of nitrogens with zero attached hydrogens (tertiary/aromatic N) is 2. The summed E-state index contributed by atoms with van der Waals surface area (Å²) in [6, 6.07) is 34.2. The fraction of sp³-hybridized carbons (Fsp3) is 0.310. The predicted molar refractivity (Wildman–Crippen MR) is 257 cm³/mol. The SMILES string of the molecule is [2H]C([2H])([2H])c1c[c-]c(-c2ccc(C([2H])([2H])C(C)(C)C)cn2)cc1-c1ccccc1.[2H]C([2H])([2H])c1cc(C([2H])([2H])[2H])c2oc3c(-c4cc(-c5ccc(C6([2H])CCC(C)(C)CC6)cc5C([2H])([2H])[2H])c(C([2H])([2H])[2H])cn4)[c-]ccc3c2c1.[Ir]. The van der Waals surface area contributed by atoms with Gasteiger partial charge in [0.15, 0.2) is 0 Å². The summed E-state index contributed by atoms with van der Waals surface area (Å²) in [5, 5.41) is 0.669. The molecule has 0 N–H and O–H groups in total. The molecule has 1 fully saturated rings. The third-order valence-corrected chi connectivity index (χ3v) is 11.2. The molecule has 3 nitrogen and oxygen atoms in total. The van der Waals surface area contributed by atoms with Crippen LogP contribution < -0.4 is 0 Å². The van der Waals surface area contributed by atoms with Gasteiger partial charge in [0, 0.05) is 62.6 Å². The maximum Gasteiger partial charge on any atom is 0.123 e. The van der Waals surface area contributed by atoms with E-state index in [0.29, 0.717) is 46.2 Å². The maximum absolute atomic E-state index is 9.26. The van der Waals surface area contributed by atoms with Crippen molar-refractivity contribution in [2.24, 2.45) is 10.8 Å². The monoisotopic (exact) mass is 1010 g/mol. The fourth-order valence-corrected chi connectivity index (χ4v) is 7.92. The molecule has 1 radical (unpaired) electrons. The average Bonchev–Trinajstić information content (AvgIpc) is 3.80. The topological polar surface area (TPSA) is 38.9 Å². The number of furan rings is 1. The standard InChI is InChI=1S/C35H36NO.C23H24N.Ir/c1-21-16-23(3)33-31(17-21)28-8-7-9-29(34(28)37-33)32-19-30(24(4)20-36-32)27-11-10-26(18-22(27)2)25-12-14-35(5,6)15-13-25;1-17-10-12-20(14-21(17)19-8-6-5-7-9-19)22-13-11-18(16-24-22)15-23(2,3)4;/h7-8,10-11,16-20,25H,12-15H2,1-6H3;5-11,13-14,16H,15H2,1-4H3;/q2*-1;/i1D3,2D3,3D3,4D3,25D;1D3,15D2;. The second-order valence-corrected chi connectivity index (χ2v) is 17.6. The van der Waals surface area contributed by atoms with Gasteiger partial charge in [0.05, 0.1) is 5.58 Å². The zero-order valence-corrected chi connectivity index (χ0v) is 37.8. The largest absolute Gasteiger partial charge is 0.500 e. The van der Waals surface area contributed by atoms with Crippen molar-refractivity contribution in [3.63, 3.8) is 0 Å². The van der Waals surface area contributed by atoms with Crippen molar-refractivity contribution in [3.8, 4) is 44.8 Å². The molecule has 0 spiro atoms. The van der Waals surface area contributed by atoms with Crippen molar-refractivity contribution in [1.82, 2.24) is 9.97 Å². The van der Waals surface area contributed by atoms with E-state index in [2.05, 4.69) is 35.9 Å². The predicted octanol–water partition coefficient (Wildman–Crippen LogP) is 16.1. The van der Waals surface area contributed by atoms with Crippen molar-refractivity contribution in [3.05, 3.63) is 167 Å². The summed E-state index contributed by atoms with van der Waals surface area (Å²) in [7, 11) is 0. The molecule has 1 aliphatic rings. The third kappa shape index (κ3) is 9.88. The van der Waals surface area contributed by atoms with Crippen molar-refractivity contribution >= 4 is 21.9 Å². The van der Waals surface area contributed by atoms with E-state index in [0.717, 1.165) is 24.5 Å². The van der Waals surface area contributed by atoms with Crippen LogP contribution in [-0.4, -0.2) is 9.97 Å². The van der Waals surface area contributed by atoms with Crippen LogP contribution in [0.4, 0.5) is 0 Å². The van der Waals surface area contributed by atoms with Gasteiger partial charge in [0.1, 0.15) is 5.58 Å². The molecule has 0 amide bonds. The van der Waals surface area contributed by atoms with Crippen LogP contribution in [-0.2, 0) is 26.5 Å². The number of aryl methyl sites for hydroxylation is 5. The molecule has 0 atom stereocenters. The van der Waals surface area contributed by atoms with Gasteiger partial charge in [-0.2, -0.15) is 0 Å². The first kappa shape index (κ1) is 27.1. The summed E-state index contributed by atoms with van der Waals surface area (Å²) in [5.41, 5.74) is 3.67. The van der Waals surface area contributed by atoms with E-state index in [1.165, 1.54) is 30.5 Å². The molecule has 0 bridgehead atoms. The van der Waals surface area contributed by atoms with E-state index in [9.17, 15) is 1.37 Å². The van der Waals surface area contributed by atoms with Crippen molar-refractivity contribution in [2.45, 2.75) is 107 Å². The van der Waals surface area contributed by atoms with Crippen LogP contribution in [0.2, 0.25) is 0 Å². The Morgan fingerprint density at radius 2 is 1.50 bits per heavy atom. The van der Waals surface area contributed by atoms with Gasteiger partial charge < -0.3 is 14.4 Å². The second kappa shape index (κ2) is 18.3. The number of fused-ring (bicyclic) bond motifs is 3. The minimum absolute atomic E-state index is 0. The number of aromatic nitrogens is 2. The van der Waals surface area contributed by atoms with E-state index < -0.39 is 51.9 Å². The summed E-state index contributed by atoms with van der Waals surface area (Å²) < 4.78 is 154. The van der Waals surface area contributed by atoms with Gasteiger partial charge in [-0.3, -0.25) is 0 Å². The molecule has 9 rings (SSSR count). The summed E-state index contributed by atoms with van der Waals surface area (Å²) in [4.78, 5) is 8.88. The Labute approximate surface area is 409 Å². The number of rotatable bonds is 6. The minimum atomic E-state index is -2.70. The normalized spacial score (nSPS) is 20.1. The Morgan fingerprint density at radius 3 is 2.21 bits per heavy atom. The van der Waals surface area contributed by atoms with Crippen molar-refractivity contribution in [2.75, 3.05) is 0 Å².